The molecule has 0 radical (unpaired) electrons. The minimum atomic E-state index is -0.324. The van der Waals surface area contributed by atoms with E-state index in [0.717, 1.165) is 5.56 Å². The third-order valence-corrected chi connectivity index (χ3v) is 3.34. The minimum Gasteiger partial charge on any atom is -0.496 e. The Morgan fingerprint density at radius 3 is 2.95 bits per heavy atom. The Kier molecular flexibility index (Phi) is 5.42. The van der Waals surface area contributed by atoms with E-state index in [1.165, 1.54) is 17.4 Å². The van der Waals surface area contributed by atoms with Gasteiger partial charge in [-0.25, -0.2) is 4.98 Å². The number of anilines is 1. The molecule has 21 heavy (non-hydrogen) atoms. The molecule has 0 saturated heterocycles. The highest BCUT2D eigenvalue weighted by Gasteiger charge is 2.03. The summed E-state index contributed by atoms with van der Waals surface area (Å²) in [4.78, 5) is 15.8. The van der Waals surface area contributed by atoms with Gasteiger partial charge in [0.25, 0.3) is 0 Å². The van der Waals surface area contributed by atoms with Gasteiger partial charge in [0.2, 0.25) is 5.91 Å². The van der Waals surface area contributed by atoms with Gasteiger partial charge in [0, 0.05) is 23.2 Å². The number of benzene rings is 1. The van der Waals surface area contributed by atoms with Gasteiger partial charge < -0.3 is 10.1 Å². The maximum atomic E-state index is 11.8. The number of para-hydroxylation sites is 1. The fraction of sp³-hybridized carbons (Fsp3) is 0.0714. The summed E-state index contributed by atoms with van der Waals surface area (Å²) < 4.78 is 5.20. The van der Waals surface area contributed by atoms with Crippen LogP contribution in [0.1, 0.15) is 5.56 Å². The van der Waals surface area contributed by atoms with Crippen LogP contribution >= 0.6 is 23.6 Å². The van der Waals surface area contributed by atoms with Crippen LogP contribution in [0.25, 0.3) is 6.08 Å². The van der Waals surface area contributed by atoms with Crippen LogP contribution in [0.15, 0.2) is 41.9 Å². The summed E-state index contributed by atoms with van der Waals surface area (Å²) in [6.45, 7) is 0. The standard InChI is InChI=1S/C14H13N3O2S2/c1-19-11-5-3-2-4-10(11)6-7-12(18)16-13(20)17-14-15-8-9-21-14/h2-9H,1H3,(H2,15,16,17,18,20). The largest absolute Gasteiger partial charge is 0.496 e. The first-order chi connectivity index (χ1) is 10.2. The molecule has 108 valence electrons. The molecule has 1 heterocycles. The van der Waals surface area contributed by atoms with Crippen LogP contribution in [0.3, 0.4) is 0 Å². The molecule has 0 saturated carbocycles. The van der Waals surface area contributed by atoms with E-state index in [4.69, 9.17) is 17.0 Å². The molecule has 0 unspecified atom stereocenters. The van der Waals surface area contributed by atoms with Gasteiger partial charge in [0.15, 0.2) is 10.2 Å². The van der Waals surface area contributed by atoms with Crippen LogP contribution in [0.5, 0.6) is 5.75 Å². The van der Waals surface area contributed by atoms with Gasteiger partial charge in [0.05, 0.1) is 7.11 Å². The minimum absolute atomic E-state index is 0.208. The highest BCUT2D eigenvalue weighted by Crippen LogP contribution is 2.18. The summed E-state index contributed by atoms with van der Waals surface area (Å²) in [5.41, 5.74) is 0.814. The van der Waals surface area contributed by atoms with Gasteiger partial charge in [-0.1, -0.05) is 18.2 Å². The maximum Gasteiger partial charge on any atom is 0.250 e. The summed E-state index contributed by atoms with van der Waals surface area (Å²) in [5.74, 6) is 0.375. The quantitative estimate of drug-likeness (QED) is 0.670. The van der Waals surface area contributed by atoms with Crippen molar-refractivity contribution < 1.29 is 9.53 Å². The summed E-state index contributed by atoms with van der Waals surface area (Å²) in [5, 5.41) is 8.02. The van der Waals surface area contributed by atoms with Crippen LogP contribution in [-0.2, 0) is 4.79 Å². The van der Waals surface area contributed by atoms with E-state index in [0.29, 0.717) is 10.9 Å². The van der Waals surface area contributed by atoms with E-state index in [-0.39, 0.29) is 11.0 Å². The van der Waals surface area contributed by atoms with Crippen LogP contribution in [0.4, 0.5) is 5.13 Å². The van der Waals surface area contributed by atoms with Crippen molar-refractivity contribution in [3.05, 3.63) is 47.5 Å². The molecule has 2 aromatic rings. The average Bonchev–Trinajstić information content (AvgIpc) is 2.98. The number of nitrogens with one attached hydrogen (secondary N) is 2. The summed E-state index contributed by atoms with van der Waals surface area (Å²) in [7, 11) is 1.58. The molecule has 0 aliphatic heterocycles. The molecular weight excluding hydrogens is 306 g/mol. The molecule has 2 rings (SSSR count). The molecule has 0 atom stereocenters. The summed E-state index contributed by atoms with van der Waals surface area (Å²) >= 11 is 6.42. The molecule has 0 fully saturated rings. The lowest BCUT2D eigenvalue weighted by molar-refractivity contribution is -0.115. The molecule has 5 nitrogen and oxygen atoms in total. The normalized spacial score (nSPS) is 10.3. The molecule has 0 spiro atoms. The average molecular weight is 319 g/mol. The second-order valence-corrected chi connectivity index (χ2v) is 5.16. The van der Waals surface area contributed by atoms with Crippen LogP contribution in [0, 0.1) is 0 Å². The summed E-state index contributed by atoms with van der Waals surface area (Å²) in [6.07, 6.45) is 4.72. The predicted octanol–water partition coefficient (Wildman–Crippen LogP) is 2.68. The Labute approximate surface area is 131 Å². The van der Waals surface area contributed by atoms with Gasteiger partial charge >= 0.3 is 0 Å². The first-order valence-corrected chi connectivity index (χ1v) is 7.30. The van der Waals surface area contributed by atoms with E-state index < -0.39 is 0 Å². The SMILES string of the molecule is COc1ccccc1C=CC(=O)NC(=S)Nc1nccs1. The van der Waals surface area contributed by atoms with Crippen molar-refractivity contribution in [3.8, 4) is 5.75 Å². The van der Waals surface area contributed by atoms with Crippen molar-refractivity contribution in [2.45, 2.75) is 0 Å². The fourth-order valence-corrected chi connectivity index (χ4v) is 2.33. The second kappa shape index (κ2) is 7.51. The number of methoxy groups -OCH3 is 1. The molecule has 1 aromatic carbocycles. The first-order valence-electron chi connectivity index (χ1n) is 6.01. The van der Waals surface area contributed by atoms with Crippen molar-refractivity contribution >= 4 is 45.8 Å². The molecule has 7 heteroatoms. The number of thiocarbonyl (C=S) groups is 1. The lowest BCUT2D eigenvalue weighted by Crippen LogP contribution is -2.32. The van der Waals surface area contributed by atoms with E-state index >= 15 is 0 Å². The number of rotatable bonds is 4. The van der Waals surface area contributed by atoms with Crippen molar-refractivity contribution in [2.75, 3.05) is 12.4 Å². The lowest BCUT2D eigenvalue weighted by Gasteiger charge is -2.05. The zero-order valence-electron chi connectivity index (χ0n) is 11.2. The molecular formula is C14H13N3O2S2. The molecule has 0 aliphatic rings. The van der Waals surface area contributed by atoms with Crippen LogP contribution in [0.2, 0.25) is 0 Å². The Morgan fingerprint density at radius 1 is 1.43 bits per heavy atom. The number of thiazole rings is 1. The van der Waals surface area contributed by atoms with Crippen LogP contribution in [-0.4, -0.2) is 23.1 Å². The van der Waals surface area contributed by atoms with Crippen molar-refractivity contribution in [1.82, 2.24) is 10.3 Å². The zero-order chi connectivity index (χ0) is 15.1. The van der Waals surface area contributed by atoms with Gasteiger partial charge in [-0.2, -0.15) is 0 Å². The molecule has 0 bridgehead atoms. The highest BCUT2D eigenvalue weighted by molar-refractivity contribution is 7.80. The number of carbonyl (C=O) groups is 1. The van der Waals surface area contributed by atoms with Crippen LogP contribution < -0.4 is 15.4 Å². The van der Waals surface area contributed by atoms with E-state index in [2.05, 4.69) is 15.6 Å². The van der Waals surface area contributed by atoms with Crippen molar-refractivity contribution in [2.24, 2.45) is 0 Å². The number of hydrogen-bond acceptors (Lipinski definition) is 5. The van der Waals surface area contributed by atoms with Gasteiger partial charge in [0.1, 0.15) is 5.75 Å². The summed E-state index contributed by atoms with van der Waals surface area (Å²) in [6, 6.07) is 7.42. The predicted molar refractivity (Wildman–Crippen MR) is 88.5 cm³/mol. The highest BCUT2D eigenvalue weighted by atomic mass is 32.1. The third-order valence-electron chi connectivity index (χ3n) is 2.44. The van der Waals surface area contributed by atoms with Gasteiger partial charge in [-0.05, 0) is 24.4 Å². The number of hydrogen-bond donors (Lipinski definition) is 2. The number of ether oxygens (including phenoxy) is 1. The Hall–Kier alpha value is -2.25. The third kappa shape index (κ3) is 4.66. The topological polar surface area (TPSA) is 63.2 Å². The van der Waals surface area contributed by atoms with Gasteiger partial charge in [-0.3, -0.25) is 10.1 Å². The first kappa shape index (κ1) is 15.1. The Balaban J connectivity index is 1.92. The van der Waals surface area contributed by atoms with E-state index in [1.807, 2.05) is 29.6 Å². The number of aromatic nitrogens is 1. The maximum absolute atomic E-state index is 11.8. The lowest BCUT2D eigenvalue weighted by atomic mass is 10.2. The molecule has 2 N–H and O–H groups in total. The second-order valence-electron chi connectivity index (χ2n) is 3.86. The number of amides is 1. The van der Waals surface area contributed by atoms with E-state index in [9.17, 15) is 4.79 Å². The zero-order valence-corrected chi connectivity index (χ0v) is 12.8. The molecule has 1 aromatic heterocycles. The fourth-order valence-electron chi connectivity index (χ4n) is 1.54. The number of carbonyl (C=O) groups excluding carboxylic acids is 1. The monoisotopic (exact) mass is 319 g/mol. The molecule has 0 aliphatic carbocycles. The Bertz CT molecular complexity index is 654. The van der Waals surface area contributed by atoms with E-state index in [1.54, 1.807) is 19.4 Å². The smallest absolute Gasteiger partial charge is 0.250 e. The number of nitrogens with zero attached hydrogens (tertiary/aromatic N) is 1. The van der Waals surface area contributed by atoms with Crippen molar-refractivity contribution in [1.29, 1.82) is 0 Å². The Morgan fingerprint density at radius 2 is 2.24 bits per heavy atom. The van der Waals surface area contributed by atoms with Gasteiger partial charge in [-0.15, -0.1) is 11.3 Å². The molecule has 1 amide bonds. The van der Waals surface area contributed by atoms with Crippen molar-refractivity contribution in [3.63, 3.8) is 0 Å².